The van der Waals surface area contributed by atoms with Crippen LogP contribution in [0.3, 0.4) is 0 Å². The molecule has 3 aromatic carbocycles. The van der Waals surface area contributed by atoms with Crippen molar-refractivity contribution in [2.45, 2.75) is 13.1 Å². The first-order valence-electron chi connectivity index (χ1n) is 11.3. The molecule has 0 aliphatic carbocycles. The zero-order valence-corrected chi connectivity index (χ0v) is 18.7. The molecule has 2 aliphatic rings. The lowest BCUT2D eigenvalue weighted by atomic mass is 10.1. The van der Waals surface area contributed by atoms with E-state index in [0.717, 1.165) is 49.7 Å². The molecule has 0 saturated carbocycles. The van der Waals surface area contributed by atoms with Gasteiger partial charge in [-0.05, 0) is 35.4 Å². The highest BCUT2D eigenvalue weighted by molar-refractivity contribution is 6.21. The molecule has 3 aromatic rings. The number of piperazine rings is 1. The standard InChI is InChI=1S/C27H27N3O3/c1-33-25-12-5-4-11-24(25)29-15-13-28(14-16-29)18-20-7-6-8-21(17-20)19-30-26(31)22-9-2-3-10-23(22)27(30)32/h2-12,17H,13-16,18-19H2,1H3. The lowest BCUT2D eigenvalue weighted by Gasteiger charge is -2.36. The third-order valence-electron chi connectivity index (χ3n) is 6.41. The first-order chi connectivity index (χ1) is 16.1. The maximum atomic E-state index is 12.7. The van der Waals surface area contributed by atoms with Gasteiger partial charge >= 0.3 is 0 Å². The van der Waals surface area contributed by atoms with Gasteiger partial charge in [-0.3, -0.25) is 19.4 Å². The quantitative estimate of drug-likeness (QED) is 0.545. The van der Waals surface area contributed by atoms with E-state index >= 15 is 0 Å². The Kier molecular flexibility index (Phi) is 5.84. The molecule has 5 rings (SSSR count). The normalized spacial score (nSPS) is 16.3. The van der Waals surface area contributed by atoms with Crippen LogP contribution in [-0.4, -0.2) is 54.9 Å². The summed E-state index contributed by atoms with van der Waals surface area (Å²) in [5.41, 5.74) is 4.28. The molecule has 0 aromatic heterocycles. The molecule has 2 heterocycles. The van der Waals surface area contributed by atoms with E-state index in [-0.39, 0.29) is 11.8 Å². The van der Waals surface area contributed by atoms with Crippen LogP contribution in [0.4, 0.5) is 5.69 Å². The summed E-state index contributed by atoms with van der Waals surface area (Å²) in [5.74, 6) is 0.480. The number of benzene rings is 3. The van der Waals surface area contributed by atoms with Crippen molar-refractivity contribution in [2.75, 3.05) is 38.2 Å². The third-order valence-corrected chi connectivity index (χ3v) is 6.41. The van der Waals surface area contributed by atoms with Gasteiger partial charge in [0.25, 0.3) is 11.8 Å². The molecule has 0 bridgehead atoms. The Balaban J connectivity index is 1.21. The number of para-hydroxylation sites is 2. The van der Waals surface area contributed by atoms with Gasteiger partial charge < -0.3 is 9.64 Å². The molecule has 33 heavy (non-hydrogen) atoms. The predicted octanol–water partition coefficient (Wildman–Crippen LogP) is 3.81. The number of carbonyl (C=O) groups is 2. The van der Waals surface area contributed by atoms with Crippen molar-refractivity contribution < 1.29 is 14.3 Å². The first-order valence-corrected chi connectivity index (χ1v) is 11.3. The minimum Gasteiger partial charge on any atom is -0.495 e. The summed E-state index contributed by atoms with van der Waals surface area (Å²) in [7, 11) is 1.71. The van der Waals surface area contributed by atoms with E-state index in [1.807, 2.05) is 30.3 Å². The van der Waals surface area contributed by atoms with Gasteiger partial charge in [-0.25, -0.2) is 0 Å². The van der Waals surface area contributed by atoms with Crippen LogP contribution in [0, 0.1) is 0 Å². The van der Waals surface area contributed by atoms with Gasteiger partial charge in [0, 0.05) is 32.7 Å². The second-order valence-corrected chi connectivity index (χ2v) is 8.50. The largest absolute Gasteiger partial charge is 0.495 e. The SMILES string of the molecule is COc1ccccc1N1CCN(Cc2cccc(CN3C(=O)c4ccccc4C3=O)c2)CC1. The van der Waals surface area contributed by atoms with Gasteiger partial charge in [0.05, 0.1) is 30.5 Å². The van der Waals surface area contributed by atoms with Gasteiger partial charge in [0.15, 0.2) is 0 Å². The number of carbonyl (C=O) groups excluding carboxylic acids is 2. The Morgan fingerprint density at radius 1 is 0.727 bits per heavy atom. The highest BCUT2D eigenvalue weighted by Gasteiger charge is 2.35. The number of fused-ring (bicyclic) bond motifs is 1. The van der Waals surface area contributed by atoms with E-state index in [0.29, 0.717) is 17.7 Å². The minimum atomic E-state index is -0.214. The maximum absolute atomic E-state index is 12.7. The Morgan fingerprint density at radius 2 is 1.33 bits per heavy atom. The molecule has 1 fully saturated rings. The molecule has 2 amide bonds. The first kappa shape index (κ1) is 21.2. The maximum Gasteiger partial charge on any atom is 0.261 e. The molecule has 168 valence electrons. The van der Waals surface area contributed by atoms with Crippen molar-refractivity contribution in [3.05, 3.63) is 95.1 Å². The van der Waals surface area contributed by atoms with Crippen molar-refractivity contribution in [3.8, 4) is 5.75 Å². The number of methoxy groups -OCH3 is 1. The molecule has 0 N–H and O–H groups in total. The average molecular weight is 442 g/mol. The van der Waals surface area contributed by atoms with E-state index in [9.17, 15) is 9.59 Å². The second-order valence-electron chi connectivity index (χ2n) is 8.50. The predicted molar refractivity (Wildman–Crippen MR) is 128 cm³/mol. The van der Waals surface area contributed by atoms with Crippen LogP contribution in [0.25, 0.3) is 0 Å². The van der Waals surface area contributed by atoms with Crippen LogP contribution >= 0.6 is 0 Å². The number of nitrogens with zero attached hydrogens (tertiary/aromatic N) is 3. The summed E-state index contributed by atoms with van der Waals surface area (Å²) >= 11 is 0. The van der Waals surface area contributed by atoms with Gasteiger partial charge in [-0.15, -0.1) is 0 Å². The zero-order valence-electron chi connectivity index (χ0n) is 18.7. The second kappa shape index (κ2) is 9.08. The van der Waals surface area contributed by atoms with E-state index < -0.39 is 0 Å². The van der Waals surface area contributed by atoms with Gasteiger partial charge in [0.1, 0.15) is 5.75 Å². The van der Waals surface area contributed by atoms with Crippen molar-refractivity contribution in [1.82, 2.24) is 9.80 Å². The smallest absolute Gasteiger partial charge is 0.261 e. The molecule has 0 unspecified atom stereocenters. The van der Waals surface area contributed by atoms with Crippen molar-refractivity contribution in [2.24, 2.45) is 0 Å². The van der Waals surface area contributed by atoms with Crippen LogP contribution < -0.4 is 9.64 Å². The number of imide groups is 1. The highest BCUT2D eigenvalue weighted by Crippen LogP contribution is 2.29. The molecule has 0 spiro atoms. The summed E-state index contributed by atoms with van der Waals surface area (Å²) < 4.78 is 5.52. The number of amides is 2. The van der Waals surface area contributed by atoms with Crippen molar-refractivity contribution >= 4 is 17.5 Å². The molecule has 2 aliphatic heterocycles. The molecule has 6 heteroatoms. The number of hydrogen-bond acceptors (Lipinski definition) is 5. The number of hydrogen-bond donors (Lipinski definition) is 0. The summed E-state index contributed by atoms with van der Waals surface area (Å²) in [4.78, 5) is 31.5. The summed E-state index contributed by atoms with van der Waals surface area (Å²) in [6, 6.07) is 23.4. The molecular formula is C27H27N3O3. The summed E-state index contributed by atoms with van der Waals surface area (Å²) in [6.07, 6.45) is 0. The Hall–Kier alpha value is -3.64. The van der Waals surface area contributed by atoms with Crippen LogP contribution in [0.1, 0.15) is 31.8 Å². The highest BCUT2D eigenvalue weighted by atomic mass is 16.5. The number of ether oxygens (including phenoxy) is 1. The average Bonchev–Trinajstić information content (AvgIpc) is 3.10. The number of anilines is 1. The van der Waals surface area contributed by atoms with Crippen molar-refractivity contribution in [1.29, 1.82) is 0 Å². The summed E-state index contributed by atoms with van der Waals surface area (Å²) in [6.45, 7) is 4.93. The molecule has 0 atom stereocenters. The topological polar surface area (TPSA) is 53.1 Å². The van der Waals surface area contributed by atoms with Crippen LogP contribution in [0.2, 0.25) is 0 Å². The summed E-state index contributed by atoms with van der Waals surface area (Å²) in [5, 5.41) is 0. The van der Waals surface area contributed by atoms with Crippen molar-refractivity contribution in [3.63, 3.8) is 0 Å². The van der Waals surface area contributed by atoms with Gasteiger partial charge in [-0.1, -0.05) is 48.5 Å². The van der Waals surface area contributed by atoms with Gasteiger partial charge in [0.2, 0.25) is 0 Å². The van der Waals surface area contributed by atoms with E-state index in [4.69, 9.17) is 4.74 Å². The van der Waals surface area contributed by atoms with E-state index in [2.05, 4.69) is 28.0 Å². The zero-order chi connectivity index (χ0) is 22.8. The molecule has 0 radical (unpaired) electrons. The molecular weight excluding hydrogens is 414 g/mol. The number of rotatable bonds is 6. The monoisotopic (exact) mass is 441 g/mol. The van der Waals surface area contributed by atoms with Crippen LogP contribution in [0.15, 0.2) is 72.8 Å². The fourth-order valence-electron chi connectivity index (χ4n) is 4.69. The van der Waals surface area contributed by atoms with Crippen LogP contribution in [-0.2, 0) is 13.1 Å². The van der Waals surface area contributed by atoms with Gasteiger partial charge in [-0.2, -0.15) is 0 Å². The fourth-order valence-corrected chi connectivity index (χ4v) is 4.69. The third kappa shape index (κ3) is 4.22. The van der Waals surface area contributed by atoms with E-state index in [1.165, 1.54) is 10.5 Å². The molecule has 6 nitrogen and oxygen atoms in total. The van der Waals surface area contributed by atoms with Crippen LogP contribution in [0.5, 0.6) is 5.75 Å². The Labute approximate surface area is 194 Å². The lowest BCUT2D eigenvalue weighted by molar-refractivity contribution is 0.0642. The fraction of sp³-hybridized carbons (Fsp3) is 0.259. The molecule has 1 saturated heterocycles. The lowest BCUT2D eigenvalue weighted by Crippen LogP contribution is -2.46. The minimum absolute atomic E-state index is 0.214. The Bertz CT molecular complexity index is 1150. The Morgan fingerprint density at radius 3 is 2.00 bits per heavy atom. The van der Waals surface area contributed by atoms with E-state index in [1.54, 1.807) is 31.4 Å².